The van der Waals surface area contributed by atoms with E-state index in [0.717, 1.165) is 5.70 Å². The lowest BCUT2D eigenvalue weighted by Crippen LogP contribution is -2.43. The fourth-order valence-electron chi connectivity index (χ4n) is 4.06. The quantitative estimate of drug-likeness (QED) is 0.782. The topological polar surface area (TPSA) is 79.3 Å². The monoisotopic (exact) mass is 419 g/mol. The molecule has 0 spiro atoms. The summed E-state index contributed by atoms with van der Waals surface area (Å²) in [5.74, 6) is -0.225. The number of benzene rings is 1. The van der Waals surface area contributed by atoms with Gasteiger partial charge in [-0.25, -0.2) is 0 Å². The molecule has 0 saturated carbocycles. The molecule has 7 heteroatoms. The number of hydrogen-bond acceptors (Lipinski definition) is 5. The highest BCUT2D eigenvalue weighted by Crippen LogP contribution is 2.50. The minimum Gasteiger partial charge on any atom is -0.384 e. The molecule has 0 unspecified atom stereocenters. The second-order valence-electron chi connectivity index (χ2n) is 7.96. The molecular weight excluding hydrogens is 397 g/mol. The van der Waals surface area contributed by atoms with Crippen LogP contribution in [0, 0.1) is 16.7 Å². The van der Waals surface area contributed by atoms with Crippen LogP contribution in [0.25, 0.3) is 0 Å². The van der Waals surface area contributed by atoms with Crippen molar-refractivity contribution in [2.45, 2.75) is 32.6 Å². The molecule has 1 aliphatic heterocycles. The van der Waals surface area contributed by atoms with Crippen LogP contribution in [-0.2, 0) is 9.53 Å². The number of hydrogen-bond donors (Lipinski definition) is 1. The Morgan fingerprint density at radius 2 is 2.07 bits per heavy atom. The van der Waals surface area contributed by atoms with Crippen LogP contribution < -0.4 is 5.73 Å². The number of halogens is 2. The van der Waals surface area contributed by atoms with Crippen LogP contribution in [0.1, 0.15) is 38.2 Å². The van der Waals surface area contributed by atoms with Gasteiger partial charge in [0.1, 0.15) is 5.82 Å². The zero-order chi connectivity index (χ0) is 20.6. The molecule has 0 saturated heterocycles. The molecule has 0 radical (unpaired) electrons. The number of ketones is 1. The van der Waals surface area contributed by atoms with E-state index in [1.165, 1.54) is 0 Å². The second-order valence-corrected chi connectivity index (χ2v) is 8.80. The lowest BCUT2D eigenvalue weighted by atomic mass is 9.68. The van der Waals surface area contributed by atoms with Crippen LogP contribution >= 0.6 is 23.2 Å². The van der Waals surface area contributed by atoms with Crippen molar-refractivity contribution in [2.24, 2.45) is 11.1 Å². The fraction of sp³-hybridized carbons (Fsp3) is 0.429. The van der Waals surface area contributed by atoms with Gasteiger partial charge in [0.05, 0.1) is 24.2 Å². The minimum absolute atomic E-state index is 0.0185. The van der Waals surface area contributed by atoms with Gasteiger partial charge in [0, 0.05) is 41.4 Å². The van der Waals surface area contributed by atoms with Crippen molar-refractivity contribution in [3.05, 3.63) is 56.5 Å². The molecule has 0 bridgehead atoms. The Hall–Kier alpha value is -2.00. The Balaban J connectivity index is 2.25. The molecule has 0 amide bonds. The first-order chi connectivity index (χ1) is 13.2. The van der Waals surface area contributed by atoms with Crippen molar-refractivity contribution in [3.63, 3.8) is 0 Å². The van der Waals surface area contributed by atoms with E-state index in [2.05, 4.69) is 19.9 Å². The van der Waals surface area contributed by atoms with E-state index < -0.39 is 5.92 Å². The number of carbonyl (C=O) groups is 1. The van der Waals surface area contributed by atoms with Crippen molar-refractivity contribution >= 4 is 29.0 Å². The maximum absolute atomic E-state index is 13.2. The van der Waals surface area contributed by atoms with Gasteiger partial charge in [-0.1, -0.05) is 43.1 Å². The Morgan fingerprint density at radius 1 is 1.36 bits per heavy atom. The summed E-state index contributed by atoms with van der Waals surface area (Å²) >= 11 is 12.5. The van der Waals surface area contributed by atoms with Gasteiger partial charge in [-0.2, -0.15) is 5.26 Å². The molecule has 1 aromatic carbocycles. The van der Waals surface area contributed by atoms with Crippen molar-refractivity contribution in [1.82, 2.24) is 4.90 Å². The molecule has 1 aromatic rings. The Kier molecular flexibility index (Phi) is 5.77. The zero-order valence-electron chi connectivity index (χ0n) is 16.2. The van der Waals surface area contributed by atoms with Crippen molar-refractivity contribution < 1.29 is 9.53 Å². The summed E-state index contributed by atoms with van der Waals surface area (Å²) in [6.45, 7) is 5.02. The predicted molar refractivity (Wildman–Crippen MR) is 110 cm³/mol. The van der Waals surface area contributed by atoms with Gasteiger partial charge in [0.25, 0.3) is 0 Å². The summed E-state index contributed by atoms with van der Waals surface area (Å²) in [4.78, 5) is 15.1. The normalized spacial score (nSPS) is 21.6. The smallest absolute Gasteiger partial charge is 0.162 e. The number of carbonyl (C=O) groups excluding carboxylic acids is 1. The number of allylic oxidation sites excluding steroid dienone is 3. The Morgan fingerprint density at radius 3 is 2.68 bits per heavy atom. The summed E-state index contributed by atoms with van der Waals surface area (Å²) in [5.41, 5.74) is 8.69. The molecule has 2 aliphatic rings. The zero-order valence-corrected chi connectivity index (χ0v) is 17.7. The lowest BCUT2D eigenvalue weighted by molar-refractivity contribution is -0.118. The number of ether oxygens (including phenoxy) is 1. The van der Waals surface area contributed by atoms with E-state index in [1.807, 2.05) is 4.90 Å². The van der Waals surface area contributed by atoms with Crippen LogP contribution in [0.2, 0.25) is 10.0 Å². The van der Waals surface area contributed by atoms with E-state index >= 15 is 0 Å². The first kappa shape index (κ1) is 20.7. The van der Waals surface area contributed by atoms with Gasteiger partial charge in [-0.15, -0.1) is 0 Å². The summed E-state index contributed by atoms with van der Waals surface area (Å²) in [5, 5.41) is 10.8. The second kappa shape index (κ2) is 7.79. The van der Waals surface area contributed by atoms with Gasteiger partial charge < -0.3 is 15.4 Å². The van der Waals surface area contributed by atoms with Crippen LogP contribution in [0.15, 0.2) is 40.9 Å². The molecule has 1 heterocycles. The SMILES string of the molecule is COCCN1C(N)=C(C#N)[C@H](c2ccc(Cl)cc2Cl)C2=C1CC(C)(C)CC2=O. The van der Waals surface area contributed by atoms with Gasteiger partial charge in [0.2, 0.25) is 0 Å². The number of Topliss-reactive ketones (excluding diaryl/α,β-unsaturated/α-hetero) is 1. The molecule has 28 heavy (non-hydrogen) atoms. The highest BCUT2D eigenvalue weighted by molar-refractivity contribution is 6.35. The molecule has 1 aliphatic carbocycles. The van der Waals surface area contributed by atoms with Gasteiger partial charge in [0.15, 0.2) is 5.78 Å². The molecule has 3 rings (SSSR count). The number of methoxy groups -OCH3 is 1. The number of rotatable bonds is 4. The molecule has 5 nitrogen and oxygen atoms in total. The molecular formula is C21H23Cl2N3O2. The molecule has 0 aromatic heterocycles. The van der Waals surface area contributed by atoms with Gasteiger partial charge in [-0.05, 0) is 29.5 Å². The van der Waals surface area contributed by atoms with Crippen LogP contribution in [0.4, 0.5) is 0 Å². The molecule has 0 fully saturated rings. The first-order valence-electron chi connectivity index (χ1n) is 9.07. The first-order valence-corrected chi connectivity index (χ1v) is 9.83. The largest absolute Gasteiger partial charge is 0.384 e. The van der Waals surface area contributed by atoms with E-state index in [9.17, 15) is 10.1 Å². The van der Waals surface area contributed by atoms with Crippen molar-refractivity contribution in [1.29, 1.82) is 5.26 Å². The van der Waals surface area contributed by atoms with Crippen LogP contribution in [0.3, 0.4) is 0 Å². The third-order valence-electron chi connectivity index (χ3n) is 5.28. The molecule has 148 valence electrons. The van der Waals surface area contributed by atoms with E-state index in [0.29, 0.717) is 58.6 Å². The predicted octanol–water partition coefficient (Wildman–Crippen LogP) is 4.38. The van der Waals surface area contributed by atoms with Crippen LogP contribution in [0.5, 0.6) is 0 Å². The van der Waals surface area contributed by atoms with E-state index in [-0.39, 0.29) is 11.2 Å². The fourth-order valence-corrected chi connectivity index (χ4v) is 4.58. The minimum atomic E-state index is -0.591. The standard InChI is InChI=1S/C21H23Cl2N3O2/c1-21(2)9-16-19(17(27)10-21)18(13-5-4-12(22)8-15(13)23)14(11-24)20(25)26(16)6-7-28-3/h4-5,8,18H,6-7,9-10,25H2,1-3H3/t18-/m0/s1. The van der Waals surface area contributed by atoms with Crippen molar-refractivity contribution in [2.75, 3.05) is 20.3 Å². The highest BCUT2D eigenvalue weighted by Gasteiger charge is 2.44. The maximum Gasteiger partial charge on any atom is 0.162 e. The van der Waals surface area contributed by atoms with Crippen LogP contribution in [-0.4, -0.2) is 30.9 Å². The summed E-state index contributed by atoms with van der Waals surface area (Å²) in [7, 11) is 1.61. The molecule has 1 atom stereocenters. The third kappa shape index (κ3) is 3.65. The Bertz CT molecular complexity index is 928. The van der Waals surface area contributed by atoms with Gasteiger partial charge in [-0.3, -0.25) is 4.79 Å². The number of nitriles is 1. The van der Waals surface area contributed by atoms with E-state index in [4.69, 9.17) is 33.7 Å². The summed E-state index contributed by atoms with van der Waals surface area (Å²) in [6.07, 6.45) is 1.09. The number of nitrogens with zero attached hydrogens (tertiary/aromatic N) is 2. The highest BCUT2D eigenvalue weighted by atomic mass is 35.5. The third-order valence-corrected chi connectivity index (χ3v) is 5.84. The van der Waals surface area contributed by atoms with Crippen molar-refractivity contribution in [3.8, 4) is 6.07 Å². The Labute approximate surface area is 175 Å². The average molecular weight is 420 g/mol. The lowest BCUT2D eigenvalue weighted by Gasteiger charge is -2.43. The summed E-state index contributed by atoms with van der Waals surface area (Å²) in [6, 6.07) is 7.32. The maximum atomic E-state index is 13.2. The molecule has 2 N–H and O–H groups in total. The average Bonchev–Trinajstić information content (AvgIpc) is 2.59. The van der Waals surface area contributed by atoms with Gasteiger partial charge >= 0.3 is 0 Å². The summed E-state index contributed by atoms with van der Waals surface area (Å²) < 4.78 is 5.22. The number of nitrogens with two attached hydrogens (primary N) is 1. The van der Waals surface area contributed by atoms with E-state index in [1.54, 1.807) is 25.3 Å².